The number of non-ortho nitro benzene ring substituents is 1. The minimum absolute atomic E-state index is 0.163. The van der Waals surface area contributed by atoms with E-state index in [1.165, 1.54) is 11.3 Å². The second-order valence-corrected chi connectivity index (χ2v) is 7.09. The molecule has 0 unspecified atom stereocenters. The van der Waals surface area contributed by atoms with E-state index >= 15 is 0 Å². The van der Waals surface area contributed by atoms with Crippen LogP contribution in [0, 0.1) is 10.1 Å². The molecule has 13 heteroatoms. The van der Waals surface area contributed by atoms with Crippen LogP contribution in [-0.4, -0.2) is 41.1 Å². The first-order chi connectivity index (χ1) is 13.7. The molecule has 29 heavy (non-hydrogen) atoms. The van der Waals surface area contributed by atoms with Crippen molar-refractivity contribution < 1.29 is 22.5 Å². The maximum Gasteiger partial charge on any atom is 0.416 e. The zero-order valence-electron chi connectivity index (χ0n) is 14.5. The normalized spacial score (nSPS) is 15.1. The van der Waals surface area contributed by atoms with Crippen molar-refractivity contribution in [2.45, 2.75) is 6.18 Å². The molecule has 2 aromatic heterocycles. The number of halogens is 3. The van der Waals surface area contributed by atoms with Gasteiger partial charge in [-0.15, -0.1) is 11.3 Å². The summed E-state index contributed by atoms with van der Waals surface area (Å²) in [5.74, 6) is 0. The topological polar surface area (TPSA) is 106 Å². The predicted molar refractivity (Wildman–Crippen MR) is 98.5 cm³/mol. The molecule has 3 heterocycles. The average molecular weight is 427 g/mol. The highest BCUT2D eigenvalue weighted by Crippen LogP contribution is 2.36. The van der Waals surface area contributed by atoms with E-state index in [-0.39, 0.29) is 6.01 Å². The minimum Gasteiger partial charge on any atom is -0.417 e. The van der Waals surface area contributed by atoms with Crippen molar-refractivity contribution in [3.63, 3.8) is 0 Å². The number of nitro benzene ring substituents is 1. The van der Waals surface area contributed by atoms with Crippen molar-refractivity contribution in [2.75, 3.05) is 36.0 Å². The molecule has 1 aliphatic heterocycles. The molecule has 0 aliphatic carbocycles. The van der Waals surface area contributed by atoms with Crippen molar-refractivity contribution in [3.8, 4) is 0 Å². The Balaban J connectivity index is 1.71. The van der Waals surface area contributed by atoms with Crippen molar-refractivity contribution >= 4 is 39.1 Å². The summed E-state index contributed by atoms with van der Waals surface area (Å²) < 4.78 is 44.5. The van der Waals surface area contributed by atoms with Crippen LogP contribution in [0.5, 0.6) is 0 Å². The van der Waals surface area contributed by atoms with Crippen molar-refractivity contribution in [1.82, 2.24) is 9.97 Å². The third-order valence-corrected chi connectivity index (χ3v) is 5.29. The molecule has 3 aromatic rings. The molecule has 1 aliphatic rings. The summed E-state index contributed by atoms with van der Waals surface area (Å²) in [6, 6.07) is 0.713. The molecule has 0 atom stereocenters. The number of anilines is 2. The Labute approximate surface area is 164 Å². The van der Waals surface area contributed by atoms with Gasteiger partial charge in [-0.2, -0.15) is 18.2 Å². The molecule has 0 saturated carbocycles. The number of hydrogen-bond acceptors (Lipinski definition) is 9. The fourth-order valence-corrected chi connectivity index (χ4v) is 3.73. The number of nitro groups is 1. The fourth-order valence-electron chi connectivity index (χ4n) is 3.04. The highest BCUT2D eigenvalue weighted by Gasteiger charge is 2.35. The Morgan fingerprint density at radius 1 is 1.17 bits per heavy atom. The SMILES string of the molecule is O=c1nc(N2CCN(c3nccs3)CC2)oc2c([N+](=O)[O-])cc(C(F)(F)F)cc12. The van der Waals surface area contributed by atoms with E-state index in [9.17, 15) is 28.1 Å². The number of aromatic nitrogens is 2. The molecule has 4 rings (SSSR count). The molecule has 1 saturated heterocycles. The first-order valence-electron chi connectivity index (χ1n) is 8.34. The van der Waals surface area contributed by atoms with E-state index in [1.807, 2.05) is 10.3 Å². The van der Waals surface area contributed by atoms with Crippen LogP contribution in [0.2, 0.25) is 0 Å². The number of piperazine rings is 1. The van der Waals surface area contributed by atoms with Gasteiger partial charge in [0.05, 0.1) is 15.9 Å². The number of thiazole rings is 1. The summed E-state index contributed by atoms with van der Waals surface area (Å²) in [5.41, 5.74) is -3.79. The molecule has 0 N–H and O–H groups in total. The van der Waals surface area contributed by atoms with Gasteiger partial charge in [0.25, 0.3) is 5.56 Å². The van der Waals surface area contributed by atoms with Gasteiger partial charge in [0, 0.05) is 43.8 Å². The fraction of sp³-hybridized carbons (Fsp3) is 0.312. The molecule has 0 amide bonds. The minimum atomic E-state index is -4.85. The molecular weight excluding hydrogens is 415 g/mol. The van der Waals surface area contributed by atoms with Gasteiger partial charge in [0.1, 0.15) is 0 Å². The summed E-state index contributed by atoms with van der Waals surface area (Å²) in [6.45, 7) is 1.89. The van der Waals surface area contributed by atoms with Crippen molar-refractivity contribution in [2.24, 2.45) is 0 Å². The summed E-state index contributed by atoms with van der Waals surface area (Å²) >= 11 is 1.48. The molecule has 1 aromatic carbocycles. The van der Waals surface area contributed by atoms with E-state index in [2.05, 4.69) is 9.97 Å². The Kier molecular flexibility index (Phi) is 4.61. The Bertz CT molecular complexity index is 1120. The molecule has 0 spiro atoms. The van der Waals surface area contributed by atoms with E-state index in [0.29, 0.717) is 38.3 Å². The molecule has 1 fully saturated rings. The highest BCUT2D eigenvalue weighted by molar-refractivity contribution is 7.13. The zero-order chi connectivity index (χ0) is 20.8. The van der Waals surface area contributed by atoms with E-state index in [1.54, 1.807) is 11.1 Å². The Hall–Kier alpha value is -3.22. The number of alkyl halides is 3. The molecule has 152 valence electrons. The third-order valence-electron chi connectivity index (χ3n) is 4.45. The first kappa shape index (κ1) is 19.1. The lowest BCUT2D eigenvalue weighted by Crippen LogP contribution is -2.47. The van der Waals surface area contributed by atoms with Gasteiger partial charge in [-0.25, -0.2) is 4.98 Å². The van der Waals surface area contributed by atoms with Gasteiger partial charge < -0.3 is 14.2 Å². The van der Waals surface area contributed by atoms with Crippen LogP contribution in [0.25, 0.3) is 11.0 Å². The lowest BCUT2D eigenvalue weighted by Gasteiger charge is -2.33. The van der Waals surface area contributed by atoms with E-state index in [0.717, 1.165) is 5.13 Å². The van der Waals surface area contributed by atoms with Gasteiger partial charge in [-0.3, -0.25) is 14.9 Å². The Morgan fingerprint density at radius 3 is 2.45 bits per heavy atom. The standard InChI is InChI=1S/C16H12F3N5O4S/c17-16(18,19)9-7-10-12(11(8-9)24(26)27)28-14(21-13(10)25)22-2-4-23(5-3-22)15-20-1-6-29-15/h1,6-8H,2-5H2. The number of rotatable bonds is 3. The lowest BCUT2D eigenvalue weighted by molar-refractivity contribution is -0.383. The number of nitrogens with zero attached hydrogens (tertiary/aromatic N) is 5. The van der Waals surface area contributed by atoms with Gasteiger partial charge in [0.15, 0.2) is 5.13 Å². The highest BCUT2D eigenvalue weighted by atomic mass is 32.1. The quantitative estimate of drug-likeness (QED) is 0.464. The van der Waals surface area contributed by atoms with Crippen molar-refractivity contribution in [1.29, 1.82) is 0 Å². The molecule has 0 radical (unpaired) electrons. The van der Waals surface area contributed by atoms with Gasteiger partial charge in [0.2, 0.25) is 5.58 Å². The van der Waals surface area contributed by atoms with E-state index < -0.39 is 38.9 Å². The average Bonchev–Trinajstić information content (AvgIpc) is 3.21. The number of fused-ring (bicyclic) bond motifs is 1. The zero-order valence-corrected chi connectivity index (χ0v) is 15.4. The van der Waals surface area contributed by atoms with Crippen molar-refractivity contribution in [3.05, 3.63) is 49.7 Å². The second-order valence-electron chi connectivity index (χ2n) is 6.22. The predicted octanol–water partition coefficient (Wildman–Crippen LogP) is 2.90. The molecular formula is C16H12F3N5O4S. The maximum atomic E-state index is 13.0. The second kappa shape index (κ2) is 6.99. The summed E-state index contributed by atoms with van der Waals surface area (Å²) in [6.07, 6.45) is -3.17. The van der Waals surface area contributed by atoms with Gasteiger partial charge in [-0.05, 0) is 6.07 Å². The first-order valence-corrected chi connectivity index (χ1v) is 9.22. The smallest absolute Gasteiger partial charge is 0.416 e. The molecule has 9 nitrogen and oxygen atoms in total. The number of benzene rings is 1. The number of hydrogen-bond donors (Lipinski definition) is 0. The van der Waals surface area contributed by atoms with Crippen LogP contribution in [0.4, 0.5) is 30.0 Å². The lowest BCUT2D eigenvalue weighted by atomic mass is 10.1. The summed E-state index contributed by atoms with van der Waals surface area (Å²) in [7, 11) is 0. The van der Waals surface area contributed by atoms with Gasteiger partial charge in [-0.1, -0.05) is 0 Å². The largest absolute Gasteiger partial charge is 0.417 e. The van der Waals surface area contributed by atoms with Gasteiger partial charge >= 0.3 is 17.9 Å². The monoisotopic (exact) mass is 427 g/mol. The Morgan fingerprint density at radius 2 is 1.86 bits per heavy atom. The van der Waals surface area contributed by atoms with Crippen LogP contribution in [0.15, 0.2) is 32.9 Å². The third kappa shape index (κ3) is 3.60. The summed E-state index contributed by atoms with van der Waals surface area (Å²) in [5, 5.41) is 13.4. The summed E-state index contributed by atoms with van der Waals surface area (Å²) in [4.78, 5) is 34.2. The van der Waals surface area contributed by atoms with E-state index in [4.69, 9.17) is 4.42 Å². The van der Waals surface area contributed by atoms with Crippen LogP contribution < -0.4 is 15.4 Å². The maximum absolute atomic E-state index is 13.0. The van der Waals surface area contributed by atoms with Crippen LogP contribution >= 0.6 is 11.3 Å². The van der Waals surface area contributed by atoms with Crippen LogP contribution in [0.3, 0.4) is 0 Å². The van der Waals surface area contributed by atoms with Crippen LogP contribution in [-0.2, 0) is 6.18 Å². The molecule has 0 bridgehead atoms. The van der Waals surface area contributed by atoms with Crippen LogP contribution in [0.1, 0.15) is 5.56 Å².